The lowest BCUT2D eigenvalue weighted by molar-refractivity contribution is 0.618. The molecule has 17 heavy (non-hydrogen) atoms. The first-order valence-electron chi connectivity index (χ1n) is 5.16. The molecule has 0 unspecified atom stereocenters. The Morgan fingerprint density at radius 2 is 2.24 bits per heavy atom. The Bertz CT molecular complexity index is 647. The quantitative estimate of drug-likeness (QED) is 0.783. The summed E-state index contributed by atoms with van der Waals surface area (Å²) < 4.78 is 23.3. The molecule has 0 atom stereocenters. The molecule has 0 aromatic carbocycles. The van der Waals surface area contributed by atoms with Crippen LogP contribution in [0.15, 0.2) is 30.0 Å². The van der Waals surface area contributed by atoms with E-state index in [0.29, 0.717) is 22.6 Å². The molecule has 0 saturated carbocycles. The third-order valence-electron chi connectivity index (χ3n) is 2.37. The number of halogens is 1. The maximum Gasteiger partial charge on any atom is 0.263 e. The topological polar surface area (TPSA) is 47.0 Å². The standard InChI is InChI=1S/C12H14ClNO2S/c1-4-10(5-2)12(17(13,15)16)11-9(3)7-6-8-14-11/h4,6-8H,3,5H2,1-2H3/b10-4-,12-11-. The van der Waals surface area contributed by atoms with Crippen LogP contribution in [0.1, 0.15) is 20.3 Å². The monoisotopic (exact) mass is 271 g/mol. The van der Waals surface area contributed by atoms with Gasteiger partial charge in [-0.3, -0.25) is 4.98 Å². The summed E-state index contributed by atoms with van der Waals surface area (Å²) in [4.78, 5) is 4.11. The van der Waals surface area contributed by atoms with Crippen molar-refractivity contribution in [2.45, 2.75) is 20.3 Å². The van der Waals surface area contributed by atoms with E-state index < -0.39 is 9.05 Å². The van der Waals surface area contributed by atoms with Crippen molar-refractivity contribution < 1.29 is 8.42 Å². The number of allylic oxidation sites excluding steroid dienone is 1. The fraction of sp³-hybridized carbons (Fsp3) is 0.250. The molecule has 0 aliphatic rings. The molecule has 0 aliphatic carbocycles. The van der Waals surface area contributed by atoms with Crippen molar-refractivity contribution in [3.05, 3.63) is 40.5 Å². The van der Waals surface area contributed by atoms with E-state index in [-0.39, 0.29) is 4.91 Å². The Hall–Kier alpha value is -1.13. The van der Waals surface area contributed by atoms with Gasteiger partial charge in [-0.15, -0.1) is 0 Å². The Balaban J connectivity index is 3.87. The molecule has 1 rings (SSSR count). The van der Waals surface area contributed by atoms with Crippen LogP contribution in [0.25, 0.3) is 11.5 Å². The summed E-state index contributed by atoms with van der Waals surface area (Å²) in [7, 11) is 1.64. The molecular formula is C12H14ClNO2S. The second-order valence-corrected chi connectivity index (χ2v) is 5.95. The molecule has 1 aromatic heterocycles. The fourth-order valence-electron chi connectivity index (χ4n) is 1.56. The van der Waals surface area contributed by atoms with Crippen LogP contribution in [0.5, 0.6) is 0 Å². The van der Waals surface area contributed by atoms with E-state index in [4.69, 9.17) is 10.7 Å². The van der Waals surface area contributed by atoms with Gasteiger partial charge in [-0.2, -0.15) is 0 Å². The van der Waals surface area contributed by atoms with E-state index in [1.165, 1.54) is 6.20 Å². The number of pyridine rings is 1. The SMILES string of the molecule is C=c1cccn/c1=C(/C(=C\C)CC)S(=O)(=O)Cl. The molecule has 1 aromatic rings. The largest absolute Gasteiger partial charge is 0.263 e. The lowest BCUT2D eigenvalue weighted by atomic mass is 10.1. The van der Waals surface area contributed by atoms with Crippen LogP contribution < -0.4 is 10.6 Å². The summed E-state index contributed by atoms with van der Waals surface area (Å²) in [5.74, 6) is 0. The van der Waals surface area contributed by atoms with Crippen molar-refractivity contribution in [1.82, 2.24) is 4.98 Å². The highest BCUT2D eigenvalue weighted by Crippen LogP contribution is 2.22. The Labute approximate surface area is 106 Å². The van der Waals surface area contributed by atoms with Crippen LogP contribution in [0, 0.1) is 0 Å². The molecule has 0 N–H and O–H groups in total. The fourth-order valence-corrected chi connectivity index (χ4v) is 3.07. The molecule has 0 radical (unpaired) electrons. The molecule has 0 amide bonds. The minimum absolute atomic E-state index is 0.0507. The van der Waals surface area contributed by atoms with Gasteiger partial charge >= 0.3 is 0 Å². The maximum atomic E-state index is 11.7. The van der Waals surface area contributed by atoms with Crippen LogP contribution >= 0.6 is 10.7 Å². The van der Waals surface area contributed by atoms with Crippen molar-refractivity contribution in [3.8, 4) is 0 Å². The average molecular weight is 272 g/mol. The zero-order valence-electron chi connectivity index (χ0n) is 9.77. The molecule has 0 fully saturated rings. The number of hydrogen-bond acceptors (Lipinski definition) is 3. The van der Waals surface area contributed by atoms with Crippen molar-refractivity contribution in [2.75, 3.05) is 0 Å². The second-order valence-electron chi connectivity index (χ2n) is 3.45. The highest BCUT2D eigenvalue weighted by molar-refractivity contribution is 8.21. The average Bonchev–Trinajstić information content (AvgIpc) is 2.25. The minimum atomic E-state index is -3.85. The third-order valence-corrected chi connectivity index (χ3v) is 3.78. The molecule has 0 bridgehead atoms. The van der Waals surface area contributed by atoms with Gasteiger partial charge in [0.05, 0.1) is 5.35 Å². The van der Waals surface area contributed by atoms with Crippen LogP contribution in [-0.4, -0.2) is 13.4 Å². The smallest absolute Gasteiger partial charge is 0.255 e. The van der Waals surface area contributed by atoms with E-state index in [1.54, 1.807) is 25.1 Å². The van der Waals surface area contributed by atoms with E-state index in [0.717, 1.165) is 0 Å². The van der Waals surface area contributed by atoms with E-state index in [2.05, 4.69) is 11.6 Å². The Morgan fingerprint density at radius 3 is 2.65 bits per heavy atom. The molecule has 0 saturated heterocycles. The summed E-state index contributed by atoms with van der Waals surface area (Å²) in [5, 5.41) is 0.858. The summed E-state index contributed by atoms with van der Waals surface area (Å²) >= 11 is 0. The lowest BCUT2D eigenvalue weighted by Crippen LogP contribution is -2.31. The summed E-state index contributed by atoms with van der Waals surface area (Å²) in [6, 6.07) is 3.40. The van der Waals surface area contributed by atoms with Gasteiger partial charge in [0.15, 0.2) is 0 Å². The number of rotatable bonds is 3. The van der Waals surface area contributed by atoms with Crippen molar-refractivity contribution in [3.63, 3.8) is 0 Å². The van der Waals surface area contributed by atoms with E-state index in [9.17, 15) is 8.42 Å². The highest BCUT2D eigenvalue weighted by Gasteiger charge is 2.19. The highest BCUT2D eigenvalue weighted by atomic mass is 35.7. The van der Waals surface area contributed by atoms with Crippen LogP contribution in [0.4, 0.5) is 0 Å². The van der Waals surface area contributed by atoms with Gasteiger partial charge in [0.2, 0.25) is 0 Å². The van der Waals surface area contributed by atoms with Gasteiger partial charge in [0.1, 0.15) is 4.91 Å². The van der Waals surface area contributed by atoms with Gasteiger partial charge in [0.25, 0.3) is 9.05 Å². The molecule has 92 valence electrons. The summed E-state index contributed by atoms with van der Waals surface area (Å²) in [5.41, 5.74) is 0.642. The lowest BCUT2D eigenvalue weighted by Gasteiger charge is -2.06. The molecule has 3 nitrogen and oxygen atoms in total. The number of nitrogens with zero attached hydrogens (tertiary/aromatic N) is 1. The van der Waals surface area contributed by atoms with Gasteiger partial charge in [-0.25, -0.2) is 8.42 Å². The Kier molecular flexibility index (Phi) is 4.48. The first-order valence-corrected chi connectivity index (χ1v) is 7.47. The van der Waals surface area contributed by atoms with Gasteiger partial charge < -0.3 is 0 Å². The van der Waals surface area contributed by atoms with E-state index in [1.807, 2.05) is 6.92 Å². The molecule has 0 spiro atoms. The van der Waals surface area contributed by atoms with E-state index >= 15 is 0 Å². The van der Waals surface area contributed by atoms with Gasteiger partial charge in [-0.05, 0) is 30.2 Å². The first kappa shape index (κ1) is 13.9. The summed E-state index contributed by atoms with van der Waals surface area (Å²) in [6.45, 7) is 7.41. The first-order chi connectivity index (χ1) is 7.91. The van der Waals surface area contributed by atoms with Gasteiger partial charge in [-0.1, -0.05) is 25.6 Å². The van der Waals surface area contributed by atoms with Crippen LogP contribution in [-0.2, 0) is 9.05 Å². The predicted octanol–water partition coefficient (Wildman–Crippen LogP) is 1.53. The zero-order chi connectivity index (χ0) is 13.1. The predicted molar refractivity (Wildman–Crippen MR) is 71.2 cm³/mol. The van der Waals surface area contributed by atoms with Crippen molar-refractivity contribution >= 4 is 31.2 Å². The number of hydrogen-bond donors (Lipinski definition) is 0. The Morgan fingerprint density at radius 1 is 1.59 bits per heavy atom. The molecule has 5 heteroatoms. The maximum absolute atomic E-state index is 11.7. The van der Waals surface area contributed by atoms with Crippen LogP contribution in [0.2, 0.25) is 0 Å². The molecular weight excluding hydrogens is 258 g/mol. The molecule has 1 heterocycles. The van der Waals surface area contributed by atoms with Crippen LogP contribution in [0.3, 0.4) is 0 Å². The summed E-state index contributed by atoms with van der Waals surface area (Å²) in [6.07, 6.45) is 3.81. The minimum Gasteiger partial charge on any atom is -0.255 e. The van der Waals surface area contributed by atoms with Crippen molar-refractivity contribution in [2.24, 2.45) is 0 Å². The van der Waals surface area contributed by atoms with Gasteiger partial charge in [0, 0.05) is 16.9 Å². The second kappa shape index (κ2) is 5.47. The zero-order valence-corrected chi connectivity index (χ0v) is 11.3. The number of aromatic nitrogens is 1. The van der Waals surface area contributed by atoms with Crippen molar-refractivity contribution in [1.29, 1.82) is 0 Å². The third kappa shape index (κ3) is 3.17. The molecule has 0 aliphatic heterocycles. The normalized spacial score (nSPS) is 14.6.